The SMILES string of the molecule is CCC(C)NC(=O)CCNCC=C(C)C. The van der Waals surface area contributed by atoms with Crippen LogP contribution in [0, 0.1) is 0 Å². The quantitative estimate of drug-likeness (QED) is 0.499. The largest absolute Gasteiger partial charge is 0.354 e. The molecule has 88 valence electrons. The van der Waals surface area contributed by atoms with Gasteiger partial charge in [-0.05, 0) is 27.2 Å². The lowest BCUT2D eigenvalue weighted by Gasteiger charge is -2.11. The molecule has 0 fully saturated rings. The van der Waals surface area contributed by atoms with Crippen molar-refractivity contribution in [1.29, 1.82) is 0 Å². The van der Waals surface area contributed by atoms with Crippen LogP contribution in [0.5, 0.6) is 0 Å². The van der Waals surface area contributed by atoms with Gasteiger partial charge < -0.3 is 10.6 Å². The summed E-state index contributed by atoms with van der Waals surface area (Å²) < 4.78 is 0. The molecule has 0 aliphatic carbocycles. The van der Waals surface area contributed by atoms with Crippen LogP contribution in [-0.2, 0) is 4.79 Å². The molecule has 1 unspecified atom stereocenters. The van der Waals surface area contributed by atoms with Crippen LogP contribution < -0.4 is 10.6 Å². The van der Waals surface area contributed by atoms with Gasteiger partial charge >= 0.3 is 0 Å². The van der Waals surface area contributed by atoms with Gasteiger partial charge in [-0.1, -0.05) is 18.6 Å². The lowest BCUT2D eigenvalue weighted by molar-refractivity contribution is -0.121. The number of carbonyl (C=O) groups excluding carboxylic acids is 1. The second kappa shape index (κ2) is 8.48. The van der Waals surface area contributed by atoms with Gasteiger partial charge in [0.1, 0.15) is 0 Å². The zero-order chi connectivity index (χ0) is 11.7. The fourth-order valence-corrected chi connectivity index (χ4v) is 1.03. The molecule has 0 bridgehead atoms. The summed E-state index contributed by atoms with van der Waals surface area (Å²) in [7, 11) is 0. The van der Waals surface area contributed by atoms with Crippen molar-refractivity contribution in [2.45, 2.75) is 46.6 Å². The molecule has 0 aromatic heterocycles. The van der Waals surface area contributed by atoms with Crippen LogP contribution >= 0.6 is 0 Å². The van der Waals surface area contributed by atoms with Gasteiger partial charge in [-0.2, -0.15) is 0 Å². The van der Waals surface area contributed by atoms with E-state index in [4.69, 9.17) is 0 Å². The highest BCUT2D eigenvalue weighted by Gasteiger charge is 2.03. The molecule has 15 heavy (non-hydrogen) atoms. The van der Waals surface area contributed by atoms with Crippen molar-refractivity contribution in [2.24, 2.45) is 0 Å². The Morgan fingerprint density at radius 3 is 2.60 bits per heavy atom. The second-order valence-corrected chi connectivity index (χ2v) is 4.11. The number of allylic oxidation sites excluding steroid dienone is 1. The van der Waals surface area contributed by atoms with Crippen LogP contribution in [0.2, 0.25) is 0 Å². The van der Waals surface area contributed by atoms with Gasteiger partial charge in [0.2, 0.25) is 5.91 Å². The normalized spacial score (nSPS) is 12.0. The van der Waals surface area contributed by atoms with Crippen LogP contribution in [0.1, 0.15) is 40.5 Å². The van der Waals surface area contributed by atoms with Crippen molar-refractivity contribution in [3.63, 3.8) is 0 Å². The standard InChI is InChI=1S/C12H24N2O/c1-5-11(4)14-12(15)7-9-13-8-6-10(2)3/h6,11,13H,5,7-9H2,1-4H3,(H,14,15). The van der Waals surface area contributed by atoms with E-state index in [0.29, 0.717) is 6.42 Å². The molecule has 0 saturated heterocycles. The molecule has 0 rings (SSSR count). The Morgan fingerprint density at radius 2 is 2.07 bits per heavy atom. The molecule has 1 atom stereocenters. The molecule has 0 aliphatic rings. The number of hydrogen-bond donors (Lipinski definition) is 2. The summed E-state index contributed by atoms with van der Waals surface area (Å²) in [6.45, 7) is 9.81. The number of amides is 1. The molecule has 3 heteroatoms. The van der Waals surface area contributed by atoms with Crippen molar-refractivity contribution >= 4 is 5.91 Å². The molecule has 1 amide bonds. The van der Waals surface area contributed by atoms with Crippen LogP contribution in [0.3, 0.4) is 0 Å². The summed E-state index contributed by atoms with van der Waals surface area (Å²) in [5, 5.41) is 6.14. The zero-order valence-electron chi connectivity index (χ0n) is 10.4. The molecule has 0 radical (unpaired) electrons. The maximum absolute atomic E-state index is 11.3. The first-order valence-corrected chi connectivity index (χ1v) is 5.69. The van der Waals surface area contributed by atoms with E-state index in [1.165, 1.54) is 5.57 Å². The number of nitrogens with one attached hydrogen (secondary N) is 2. The van der Waals surface area contributed by atoms with Crippen molar-refractivity contribution in [2.75, 3.05) is 13.1 Å². The smallest absolute Gasteiger partial charge is 0.221 e. The summed E-state index contributed by atoms with van der Waals surface area (Å²) in [6.07, 6.45) is 3.66. The first-order valence-electron chi connectivity index (χ1n) is 5.69. The molecule has 0 aromatic carbocycles. The molecular weight excluding hydrogens is 188 g/mol. The Hall–Kier alpha value is -0.830. The van der Waals surface area contributed by atoms with E-state index in [-0.39, 0.29) is 11.9 Å². The predicted octanol–water partition coefficient (Wildman–Crippen LogP) is 1.85. The Kier molecular flexibility index (Phi) is 8.01. The first kappa shape index (κ1) is 14.2. The average molecular weight is 212 g/mol. The van der Waals surface area contributed by atoms with Crippen LogP contribution in [0.4, 0.5) is 0 Å². The molecule has 0 heterocycles. The van der Waals surface area contributed by atoms with E-state index in [0.717, 1.165) is 19.5 Å². The fraction of sp³-hybridized carbons (Fsp3) is 0.750. The van der Waals surface area contributed by atoms with E-state index >= 15 is 0 Å². The minimum absolute atomic E-state index is 0.133. The molecule has 0 aromatic rings. The van der Waals surface area contributed by atoms with E-state index in [2.05, 4.69) is 37.5 Å². The van der Waals surface area contributed by atoms with E-state index in [1.807, 2.05) is 6.92 Å². The fourth-order valence-electron chi connectivity index (χ4n) is 1.03. The Bertz CT molecular complexity index is 208. The minimum Gasteiger partial charge on any atom is -0.354 e. The summed E-state index contributed by atoms with van der Waals surface area (Å²) in [6, 6.07) is 0.287. The van der Waals surface area contributed by atoms with E-state index in [9.17, 15) is 4.79 Å². The molecule has 0 aliphatic heterocycles. The molecule has 0 saturated carbocycles. The van der Waals surface area contributed by atoms with E-state index < -0.39 is 0 Å². The first-order chi connectivity index (χ1) is 7.06. The van der Waals surface area contributed by atoms with Gasteiger partial charge in [0.15, 0.2) is 0 Å². The summed E-state index contributed by atoms with van der Waals surface area (Å²) >= 11 is 0. The summed E-state index contributed by atoms with van der Waals surface area (Å²) in [5.74, 6) is 0.133. The van der Waals surface area contributed by atoms with Gasteiger partial charge in [0.05, 0.1) is 0 Å². The Labute approximate surface area is 93.3 Å². The zero-order valence-corrected chi connectivity index (χ0v) is 10.4. The maximum atomic E-state index is 11.3. The topological polar surface area (TPSA) is 41.1 Å². The number of carbonyl (C=O) groups is 1. The van der Waals surface area contributed by atoms with Gasteiger partial charge in [-0.3, -0.25) is 4.79 Å². The van der Waals surface area contributed by atoms with Crippen LogP contribution in [0.15, 0.2) is 11.6 Å². The van der Waals surface area contributed by atoms with Crippen LogP contribution in [0.25, 0.3) is 0 Å². The monoisotopic (exact) mass is 212 g/mol. The maximum Gasteiger partial charge on any atom is 0.221 e. The van der Waals surface area contributed by atoms with E-state index in [1.54, 1.807) is 0 Å². The summed E-state index contributed by atoms with van der Waals surface area (Å²) in [4.78, 5) is 11.3. The number of rotatable bonds is 7. The Morgan fingerprint density at radius 1 is 1.40 bits per heavy atom. The molecule has 2 N–H and O–H groups in total. The third-order valence-corrected chi connectivity index (χ3v) is 2.20. The lowest BCUT2D eigenvalue weighted by atomic mass is 10.2. The van der Waals surface area contributed by atoms with Gasteiger partial charge in [-0.15, -0.1) is 0 Å². The summed E-state index contributed by atoms with van der Waals surface area (Å²) in [5.41, 5.74) is 1.30. The minimum atomic E-state index is 0.133. The second-order valence-electron chi connectivity index (χ2n) is 4.11. The predicted molar refractivity (Wildman–Crippen MR) is 64.8 cm³/mol. The third kappa shape index (κ3) is 9.47. The van der Waals surface area contributed by atoms with Gasteiger partial charge in [-0.25, -0.2) is 0 Å². The van der Waals surface area contributed by atoms with Crippen molar-refractivity contribution in [3.8, 4) is 0 Å². The lowest BCUT2D eigenvalue weighted by Crippen LogP contribution is -2.34. The molecule has 0 spiro atoms. The van der Waals surface area contributed by atoms with Gasteiger partial charge in [0, 0.05) is 25.6 Å². The molecular formula is C12H24N2O. The highest BCUT2D eigenvalue weighted by atomic mass is 16.1. The average Bonchev–Trinajstić information content (AvgIpc) is 2.16. The number of hydrogen-bond acceptors (Lipinski definition) is 2. The van der Waals surface area contributed by atoms with Crippen molar-refractivity contribution < 1.29 is 4.79 Å². The van der Waals surface area contributed by atoms with Gasteiger partial charge in [0.25, 0.3) is 0 Å². The molecule has 3 nitrogen and oxygen atoms in total. The van der Waals surface area contributed by atoms with Crippen molar-refractivity contribution in [3.05, 3.63) is 11.6 Å². The van der Waals surface area contributed by atoms with Crippen molar-refractivity contribution in [1.82, 2.24) is 10.6 Å². The third-order valence-electron chi connectivity index (χ3n) is 2.20. The van der Waals surface area contributed by atoms with Crippen LogP contribution in [-0.4, -0.2) is 25.0 Å². The highest BCUT2D eigenvalue weighted by Crippen LogP contribution is 1.89. The Balaban J connectivity index is 3.43. The highest BCUT2D eigenvalue weighted by molar-refractivity contribution is 5.76.